The number of pyridine rings is 1. The Bertz CT molecular complexity index is 468. The molecule has 2 aromatic heterocycles. The number of aromatic nitrogens is 2. The van der Waals surface area contributed by atoms with Crippen LogP contribution in [0.2, 0.25) is 0 Å². The standard InChI is InChI=1S/C10H8N2O2S/c1-7(13)8-2-3-11-9(6-8)15-10-12-4-5-14-10/h2-6H,1H3. The largest absolute Gasteiger partial charge is 0.440 e. The van der Waals surface area contributed by atoms with Gasteiger partial charge in [-0.1, -0.05) is 0 Å². The molecule has 76 valence electrons. The van der Waals surface area contributed by atoms with E-state index in [1.807, 2.05) is 0 Å². The van der Waals surface area contributed by atoms with Crippen LogP contribution in [0.15, 0.2) is 45.5 Å². The van der Waals surface area contributed by atoms with Gasteiger partial charge < -0.3 is 4.42 Å². The van der Waals surface area contributed by atoms with Crippen LogP contribution >= 0.6 is 11.8 Å². The number of rotatable bonds is 3. The lowest BCUT2D eigenvalue weighted by Gasteiger charge is -1.98. The first-order valence-electron chi connectivity index (χ1n) is 4.30. The van der Waals surface area contributed by atoms with Crippen LogP contribution in [0.5, 0.6) is 0 Å². The smallest absolute Gasteiger partial charge is 0.261 e. The van der Waals surface area contributed by atoms with E-state index in [4.69, 9.17) is 4.42 Å². The Hall–Kier alpha value is -1.62. The summed E-state index contributed by atoms with van der Waals surface area (Å²) in [7, 11) is 0. The lowest BCUT2D eigenvalue weighted by molar-refractivity contribution is 0.101. The summed E-state index contributed by atoms with van der Waals surface area (Å²) in [5.74, 6) is 0.0201. The molecule has 2 heterocycles. The topological polar surface area (TPSA) is 56.0 Å². The number of carbonyl (C=O) groups is 1. The van der Waals surface area contributed by atoms with Gasteiger partial charge in [0.2, 0.25) is 0 Å². The second kappa shape index (κ2) is 4.27. The Morgan fingerprint density at radius 2 is 2.27 bits per heavy atom. The molecule has 0 amide bonds. The summed E-state index contributed by atoms with van der Waals surface area (Å²) < 4.78 is 5.06. The van der Waals surface area contributed by atoms with Crippen LogP contribution in [-0.4, -0.2) is 15.8 Å². The molecule has 0 aliphatic rings. The lowest BCUT2D eigenvalue weighted by Crippen LogP contribution is -1.92. The minimum Gasteiger partial charge on any atom is -0.440 e. The fraction of sp³-hybridized carbons (Fsp3) is 0.100. The third kappa shape index (κ3) is 2.44. The van der Waals surface area contributed by atoms with E-state index in [9.17, 15) is 4.79 Å². The van der Waals surface area contributed by atoms with Crippen molar-refractivity contribution in [3.05, 3.63) is 36.4 Å². The number of hydrogen-bond donors (Lipinski definition) is 0. The number of oxazole rings is 1. The minimum atomic E-state index is 0.0201. The average molecular weight is 220 g/mol. The zero-order valence-corrected chi connectivity index (χ0v) is 8.82. The second-order valence-electron chi connectivity index (χ2n) is 2.84. The van der Waals surface area contributed by atoms with E-state index < -0.39 is 0 Å². The summed E-state index contributed by atoms with van der Waals surface area (Å²) in [6.45, 7) is 1.52. The number of hydrogen-bond acceptors (Lipinski definition) is 5. The number of nitrogens with zero attached hydrogens (tertiary/aromatic N) is 2. The summed E-state index contributed by atoms with van der Waals surface area (Å²) in [6.07, 6.45) is 4.66. The van der Waals surface area contributed by atoms with Crippen molar-refractivity contribution in [1.82, 2.24) is 9.97 Å². The van der Waals surface area contributed by atoms with Crippen LogP contribution in [0.3, 0.4) is 0 Å². The summed E-state index contributed by atoms with van der Waals surface area (Å²) in [4.78, 5) is 19.2. The van der Waals surface area contributed by atoms with Gasteiger partial charge in [0.05, 0.1) is 6.20 Å². The van der Waals surface area contributed by atoms with Gasteiger partial charge in [-0.2, -0.15) is 0 Å². The molecule has 0 aliphatic carbocycles. The zero-order chi connectivity index (χ0) is 10.7. The van der Waals surface area contributed by atoms with Gasteiger partial charge in [0.15, 0.2) is 5.78 Å². The molecule has 0 atom stereocenters. The summed E-state index contributed by atoms with van der Waals surface area (Å²) in [5, 5.41) is 1.22. The molecular formula is C10H8N2O2S. The van der Waals surface area contributed by atoms with Crippen molar-refractivity contribution in [3.63, 3.8) is 0 Å². The first kappa shape index (κ1) is 9.92. The Balaban J connectivity index is 2.22. The molecular weight excluding hydrogens is 212 g/mol. The molecule has 0 unspecified atom stereocenters. The van der Waals surface area contributed by atoms with Gasteiger partial charge >= 0.3 is 0 Å². The highest BCUT2D eigenvalue weighted by molar-refractivity contribution is 7.99. The first-order valence-corrected chi connectivity index (χ1v) is 5.11. The number of carbonyl (C=O) groups excluding carboxylic acids is 1. The third-order valence-electron chi connectivity index (χ3n) is 1.74. The van der Waals surface area contributed by atoms with Crippen LogP contribution in [0.4, 0.5) is 0 Å². The van der Waals surface area contributed by atoms with E-state index in [-0.39, 0.29) is 5.78 Å². The maximum absolute atomic E-state index is 11.1. The minimum absolute atomic E-state index is 0.0201. The quantitative estimate of drug-likeness (QED) is 0.743. The summed E-state index contributed by atoms with van der Waals surface area (Å²) >= 11 is 1.28. The Kier molecular flexibility index (Phi) is 2.82. The van der Waals surface area contributed by atoms with E-state index in [1.54, 1.807) is 24.5 Å². The molecule has 0 radical (unpaired) electrons. The Labute approximate surface area is 90.7 Å². The van der Waals surface area contributed by atoms with E-state index in [0.29, 0.717) is 15.8 Å². The maximum Gasteiger partial charge on any atom is 0.261 e. The SMILES string of the molecule is CC(=O)c1ccnc(Sc2ncco2)c1. The van der Waals surface area contributed by atoms with Crippen LogP contribution in [-0.2, 0) is 0 Å². The monoisotopic (exact) mass is 220 g/mol. The highest BCUT2D eigenvalue weighted by Crippen LogP contribution is 2.24. The van der Waals surface area contributed by atoms with Gasteiger partial charge in [-0.05, 0) is 30.8 Å². The van der Waals surface area contributed by atoms with Gasteiger partial charge in [-0.25, -0.2) is 9.97 Å². The van der Waals surface area contributed by atoms with E-state index in [2.05, 4.69) is 9.97 Å². The molecule has 0 spiro atoms. The molecule has 5 heteroatoms. The molecule has 2 aromatic rings. The van der Waals surface area contributed by atoms with Crippen molar-refractivity contribution < 1.29 is 9.21 Å². The van der Waals surface area contributed by atoms with Gasteiger partial charge in [0, 0.05) is 11.8 Å². The van der Waals surface area contributed by atoms with Crippen LogP contribution in [0.1, 0.15) is 17.3 Å². The fourth-order valence-corrected chi connectivity index (χ4v) is 1.73. The van der Waals surface area contributed by atoms with E-state index in [1.165, 1.54) is 24.9 Å². The third-order valence-corrected chi connectivity index (χ3v) is 2.55. The van der Waals surface area contributed by atoms with Crippen molar-refractivity contribution in [2.24, 2.45) is 0 Å². The lowest BCUT2D eigenvalue weighted by atomic mass is 10.2. The molecule has 0 saturated heterocycles. The Morgan fingerprint density at radius 1 is 1.40 bits per heavy atom. The molecule has 0 aromatic carbocycles. The van der Waals surface area contributed by atoms with Crippen molar-refractivity contribution in [2.75, 3.05) is 0 Å². The van der Waals surface area contributed by atoms with Crippen molar-refractivity contribution in [3.8, 4) is 0 Å². The van der Waals surface area contributed by atoms with E-state index in [0.717, 1.165) is 0 Å². The fourth-order valence-electron chi connectivity index (χ4n) is 1.03. The zero-order valence-electron chi connectivity index (χ0n) is 8.01. The maximum atomic E-state index is 11.1. The predicted octanol–water partition coefficient (Wildman–Crippen LogP) is 2.42. The van der Waals surface area contributed by atoms with Gasteiger partial charge in [-0.3, -0.25) is 4.79 Å². The first-order chi connectivity index (χ1) is 7.25. The van der Waals surface area contributed by atoms with Crippen molar-refractivity contribution >= 4 is 17.5 Å². The molecule has 0 saturated carbocycles. The van der Waals surface area contributed by atoms with Crippen molar-refractivity contribution in [1.29, 1.82) is 0 Å². The van der Waals surface area contributed by atoms with Gasteiger partial charge in [0.25, 0.3) is 5.22 Å². The van der Waals surface area contributed by atoms with Crippen molar-refractivity contribution in [2.45, 2.75) is 17.2 Å². The summed E-state index contributed by atoms with van der Waals surface area (Å²) in [6, 6.07) is 3.40. The molecule has 0 bridgehead atoms. The molecule has 4 nitrogen and oxygen atoms in total. The van der Waals surface area contributed by atoms with Gasteiger partial charge in [-0.15, -0.1) is 0 Å². The van der Waals surface area contributed by atoms with E-state index >= 15 is 0 Å². The summed E-state index contributed by atoms with van der Waals surface area (Å²) in [5.41, 5.74) is 0.638. The molecule has 0 aliphatic heterocycles. The van der Waals surface area contributed by atoms with Crippen LogP contribution in [0, 0.1) is 0 Å². The second-order valence-corrected chi connectivity index (χ2v) is 3.81. The molecule has 15 heavy (non-hydrogen) atoms. The molecule has 0 N–H and O–H groups in total. The normalized spacial score (nSPS) is 10.2. The highest BCUT2D eigenvalue weighted by Gasteiger charge is 2.05. The number of Topliss-reactive ketones (excluding diaryl/α,β-unsaturated/α-hetero) is 1. The average Bonchev–Trinajstić information content (AvgIpc) is 2.71. The highest BCUT2D eigenvalue weighted by atomic mass is 32.2. The molecule has 2 rings (SSSR count). The van der Waals surface area contributed by atoms with Crippen LogP contribution in [0.25, 0.3) is 0 Å². The van der Waals surface area contributed by atoms with Gasteiger partial charge in [0.1, 0.15) is 11.3 Å². The van der Waals surface area contributed by atoms with Crippen LogP contribution < -0.4 is 0 Å². The molecule has 0 fully saturated rings. The Morgan fingerprint density at radius 3 is 2.93 bits per heavy atom. The number of ketones is 1. The predicted molar refractivity (Wildman–Crippen MR) is 54.9 cm³/mol.